The van der Waals surface area contributed by atoms with Gasteiger partial charge in [-0.05, 0) is 61.8 Å². The molecule has 198 valence electrons. The minimum absolute atomic E-state index is 0.0366. The average Bonchev–Trinajstić information content (AvgIpc) is 3.60. The zero-order valence-corrected chi connectivity index (χ0v) is 22.8. The molecule has 6 nitrogen and oxygen atoms in total. The van der Waals surface area contributed by atoms with Gasteiger partial charge in [0.2, 0.25) is 0 Å². The zero-order valence-electron chi connectivity index (χ0n) is 21.2. The van der Waals surface area contributed by atoms with Crippen molar-refractivity contribution in [3.63, 3.8) is 0 Å². The monoisotopic (exact) mass is 541 g/mol. The van der Waals surface area contributed by atoms with E-state index in [1.807, 2.05) is 6.07 Å². The highest BCUT2D eigenvalue weighted by Crippen LogP contribution is 2.50. The molecule has 0 radical (unpaired) electrons. The Morgan fingerprint density at radius 1 is 1.05 bits per heavy atom. The van der Waals surface area contributed by atoms with Crippen molar-refractivity contribution in [3.8, 4) is 5.75 Å². The molecular weight excluding hydrogens is 506 g/mol. The first-order chi connectivity index (χ1) is 17.9. The number of hydrogen-bond donors (Lipinski definition) is 2. The summed E-state index contributed by atoms with van der Waals surface area (Å²) in [5.74, 6) is 1.08. The first-order valence-electron chi connectivity index (χ1n) is 13.4. The lowest BCUT2D eigenvalue weighted by atomic mass is 9.81. The molecule has 2 saturated carbocycles. The molecule has 2 aliphatic carbocycles. The maximum atomic E-state index is 13.3. The van der Waals surface area contributed by atoms with Crippen LogP contribution in [-0.2, 0) is 10.0 Å². The Labute approximate surface area is 222 Å². The first kappa shape index (κ1) is 26.0. The lowest BCUT2D eigenvalue weighted by Crippen LogP contribution is -2.18. The topological polar surface area (TPSA) is 96.6 Å². The van der Waals surface area contributed by atoms with Crippen LogP contribution >= 0.6 is 11.3 Å². The second-order valence-corrected chi connectivity index (χ2v) is 13.5. The molecule has 0 saturated heterocycles. The number of hydrogen-bond acceptors (Lipinski definition) is 6. The van der Waals surface area contributed by atoms with Crippen molar-refractivity contribution in [1.29, 1.82) is 0 Å². The Kier molecular flexibility index (Phi) is 7.77. The second-order valence-electron chi connectivity index (χ2n) is 10.5. The number of aromatic hydroxyl groups is 1. The van der Waals surface area contributed by atoms with Gasteiger partial charge in [-0.3, -0.25) is 4.72 Å². The molecule has 2 heterocycles. The van der Waals surface area contributed by atoms with Crippen LogP contribution in [0.15, 0.2) is 62.0 Å². The van der Waals surface area contributed by atoms with Gasteiger partial charge < -0.3 is 9.52 Å². The van der Waals surface area contributed by atoms with E-state index >= 15 is 0 Å². The molecule has 2 fully saturated rings. The number of benzene rings is 1. The van der Waals surface area contributed by atoms with E-state index in [0.717, 1.165) is 41.9 Å². The number of sulfonamides is 1. The average molecular weight is 542 g/mol. The van der Waals surface area contributed by atoms with Crippen molar-refractivity contribution >= 4 is 27.0 Å². The molecule has 3 aromatic rings. The van der Waals surface area contributed by atoms with E-state index in [1.54, 1.807) is 42.5 Å². The normalized spacial score (nSPS) is 18.4. The molecule has 5 rings (SSSR count). The van der Waals surface area contributed by atoms with Crippen LogP contribution in [0, 0.1) is 11.8 Å². The fourth-order valence-electron chi connectivity index (χ4n) is 5.70. The molecule has 2 aromatic heterocycles. The molecular formula is C29H35NO5S2. The van der Waals surface area contributed by atoms with Crippen molar-refractivity contribution in [2.24, 2.45) is 11.8 Å². The van der Waals surface area contributed by atoms with Crippen LogP contribution in [0.3, 0.4) is 0 Å². The third kappa shape index (κ3) is 5.96. The van der Waals surface area contributed by atoms with Gasteiger partial charge in [-0.2, -0.15) is 0 Å². The van der Waals surface area contributed by atoms with Gasteiger partial charge in [0, 0.05) is 28.5 Å². The molecule has 2 unspecified atom stereocenters. The van der Waals surface area contributed by atoms with Crippen LogP contribution < -0.4 is 10.3 Å². The summed E-state index contributed by atoms with van der Waals surface area (Å²) in [5, 5.41) is 11.1. The summed E-state index contributed by atoms with van der Waals surface area (Å²) < 4.78 is 34.6. The van der Waals surface area contributed by atoms with E-state index < -0.39 is 15.6 Å². The molecule has 0 bridgehead atoms. The van der Waals surface area contributed by atoms with Crippen molar-refractivity contribution in [2.45, 2.75) is 80.8 Å². The highest BCUT2D eigenvalue weighted by Gasteiger charge is 2.39. The molecule has 8 heteroatoms. The Bertz CT molecular complexity index is 1370. The summed E-state index contributed by atoms with van der Waals surface area (Å²) in [7, 11) is -3.76. The Morgan fingerprint density at radius 2 is 1.78 bits per heavy atom. The van der Waals surface area contributed by atoms with Gasteiger partial charge >= 0.3 is 5.63 Å². The minimum Gasteiger partial charge on any atom is -0.507 e. The number of anilines is 1. The lowest BCUT2D eigenvalue weighted by molar-refractivity contribution is 0.290. The third-order valence-electron chi connectivity index (χ3n) is 7.83. The second kappa shape index (κ2) is 11.0. The van der Waals surface area contributed by atoms with Gasteiger partial charge in [0.1, 0.15) is 15.7 Å². The van der Waals surface area contributed by atoms with Gasteiger partial charge in [0.15, 0.2) is 0 Å². The van der Waals surface area contributed by atoms with Crippen LogP contribution in [0.1, 0.15) is 92.7 Å². The van der Waals surface area contributed by atoms with E-state index in [2.05, 4.69) is 11.6 Å². The highest BCUT2D eigenvalue weighted by molar-refractivity contribution is 7.94. The zero-order chi connectivity index (χ0) is 26.0. The molecule has 2 atom stereocenters. The SMILES string of the molecule is CCC(CC1CCCCC1)c1cc(O)c(C(c2ccc(S(=O)(=O)Nc3ccccc3)s2)C2CC2)c(=O)o1. The smallest absolute Gasteiger partial charge is 0.343 e. The minimum atomic E-state index is -3.76. The van der Waals surface area contributed by atoms with Crippen molar-refractivity contribution in [3.05, 3.63) is 75.2 Å². The Morgan fingerprint density at radius 3 is 2.43 bits per heavy atom. The maximum absolute atomic E-state index is 13.3. The number of rotatable bonds is 10. The summed E-state index contributed by atoms with van der Waals surface area (Å²) in [6.45, 7) is 2.10. The largest absolute Gasteiger partial charge is 0.507 e. The van der Waals surface area contributed by atoms with E-state index in [9.17, 15) is 18.3 Å². The Hall–Kier alpha value is -2.58. The first-order valence-corrected chi connectivity index (χ1v) is 15.7. The van der Waals surface area contributed by atoms with E-state index in [1.165, 1.54) is 32.1 Å². The fraction of sp³-hybridized carbons (Fsp3) is 0.483. The summed E-state index contributed by atoms with van der Waals surface area (Å²) in [6.07, 6.45) is 9.94. The summed E-state index contributed by atoms with van der Waals surface area (Å²) in [5.41, 5.74) is 0.235. The van der Waals surface area contributed by atoms with Gasteiger partial charge in [-0.15, -0.1) is 11.3 Å². The van der Waals surface area contributed by atoms with Crippen LogP contribution in [0.25, 0.3) is 0 Å². The van der Waals surface area contributed by atoms with Crippen molar-refractivity contribution in [1.82, 2.24) is 0 Å². The molecule has 0 spiro atoms. The predicted octanol–water partition coefficient (Wildman–Crippen LogP) is 7.21. The molecule has 2 aliphatic rings. The van der Waals surface area contributed by atoms with Gasteiger partial charge in [0.05, 0.1) is 5.56 Å². The van der Waals surface area contributed by atoms with Gasteiger partial charge in [0.25, 0.3) is 10.0 Å². The van der Waals surface area contributed by atoms with E-state index in [0.29, 0.717) is 17.4 Å². The molecule has 2 N–H and O–H groups in total. The molecule has 1 aromatic carbocycles. The van der Waals surface area contributed by atoms with Crippen LogP contribution in [0.5, 0.6) is 5.75 Å². The summed E-state index contributed by atoms with van der Waals surface area (Å²) in [6, 6.07) is 13.7. The molecule has 0 aliphatic heterocycles. The van der Waals surface area contributed by atoms with Gasteiger partial charge in [-0.1, -0.05) is 57.2 Å². The number of nitrogens with one attached hydrogen (secondary N) is 1. The number of thiophene rings is 1. The summed E-state index contributed by atoms with van der Waals surface area (Å²) >= 11 is 1.14. The highest BCUT2D eigenvalue weighted by atomic mass is 32.2. The van der Waals surface area contributed by atoms with Crippen LogP contribution in [0.2, 0.25) is 0 Å². The van der Waals surface area contributed by atoms with Crippen molar-refractivity contribution < 1.29 is 17.9 Å². The van der Waals surface area contributed by atoms with E-state index in [-0.39, 0.29) is 33.3 Å². The molecule has 0 amide bonds. The maximum Gasteiger partial charge on any atom is 0.343 e. The fourth-order valence-corrected chi connectivity index (χ4v) is 8.29. The van der Waals surface area contributed by atoms with Crippen LogP contribution in [-0.4, -0.2) is 13.5 Å². The standard InChI is InChI=1S/C29H35NO5S2/c1-2-20(17-19-9-5-3-6-10-19)24-18-23(31)28(29(32)35-24)27(21-13-14-21)25-15-16-26(36-25)37(33,34)30-22-11-7-4-8-12-22/h4,7-8,11-12,15-16,18-21,27,30-31H,2-3,5-6,9-10,13-14,17H2,1H3. The molecule has 37 heavy (non-hydrogen) atoms. The summed E-state index contributed by atoms with van der Waals surface area (Å²) in [4.78, 5) is 14.1. The van der Waals surface area contributed by atoms with Crippen LogP contribution in [0.4, 0.5) is 5.69 Å². The van der Waals surface area contributed by atoms with Crippen molar-refractivity contribution in [2.75, 3.05) is 4.72 Å². The van der Waals surface area contributed by atoms with Gasteiger partial charge in [-0.25, -0.2) is 13.2 Å². The van der Waals surface area contributed by atoms with E-state index in [4.69, 9.17) is 4.42 Å². The number of para-hydroxylation sites is 1. The predicted molar refractivity (Wildman–Crippen MR) is 147 cm³/mol. The Balaban J connectivity index is 1.41. The quantitative estimate of drug-likeness (QED) is 0.283. The lowest BCUT2D eigenvalue weighted by Gasteiger charge is -2.25. The third-order valence-corrected chi connectivity index (χ3v) is 10.9.